The van der Waals surface area contributed by atoms with Crippen LogP contribution in [-0.4, -0.2) is 35.0 Å². The number of likely N-dealkylation sites (N-methyl/N-ethyl adjacent to an activating group) is 1. The van der Waals surface area contributed by atoms with Crippen molar-refractivity contribution in [2.75, 3.05) is 13.1 Å². The number of nitrogens with two attached hydrogens (primary N) is 1. The average molecular weight is 280 g/mol. The van der Waals surface area contributed by atoms with Crippen molar-refractivity contribution >= 4 is 18.0 Å². The zero-order valence-corrected chi connectivity index (χ0v) is 11.2. The molecule has 5 nitrogen and oxygen atoms in total. The second kappa shape index (κ2) is 7.40. The number of halogens is 1. The maximum absolute atomic E-state index is 13.5. The molecule has 1 amide bonds. The van der Waals surface area contributed by atoms with Crippen molar-refractivity contribution in [3.63, 3.8) is 0 Å². The molecule has 0 aliphatic carbocycles. The molecule has 0 atom stereocenters. The summed E-state index contributed by atoms with van der Waals surface area (Å²) in [5, 5.41) is 8.56. The highest BCUT2D eigenvalue weighted by Crippen LogP contribution is 2.13. The molecule has 3 N–H and O–H groups in total. The molecule has 0 aliphatic heterocycles. The number of amides is 1. The summed E-state index contributed by atoms with van der Waals surface area (Å²) in [6.07, 6.45) is 2.26. The van der Waals surface area contributed by atoms with Gasteiger partial charge in [0.2, 0.25) is 5.91 Å². The molecule has 0 aromatic heterocycles. The lowest BCUT2D eigenvalue weighted by molar-refractivity contribution is -0.131. The molecule has 0 heterocycles. The van der Waals surface area contributed by atoms with Crippen LogP contribution in [0.3, 0.4) is 0 Å². The van der Waals surface area contributed by atoms with Gasteiger partial charge in [-0.05, 0) is 35.9 Å². The minimum atomic E-state index is -1.10. The van der Waals surface area contributed by atoms with Crippen LogP contribution < -0.4 is 5.73 Å². The summed E-state index contributed by atoms with van der Waals surface area (Å²) in [5.41, 5.74) is 6.24. The second-order valence-electron chi connectivity index (χ2n) is 4.33. The quantitative estimate of drug-likeness (QED) is 0.736. The Morgan fingerprint density at radius 2 is 2.10 bits per heavy atom. The Morgan fingerprint density at radius 3 is 2.65 bits per heavy atom. The highest BCUT2D eigenvalue weighted by Gasteiger charge is 2.08. The molecule has 20 heavy (non-hydrogen) atoms. The fourth-order valence-corrected chi connectivity index (χ4v) is 1.79. The first-order valence-electron chi connectivity index (χ1n) is 6.12. The van der Waals surface area contributed by atoms with Crippen LogP contribution in [0.15, 0.2) is 24.3 Å². The summed E-state index contributed by atoms with van der Waals surface area (Å²) in [6.45, 7) is 2.92. The van der Waals surface area contributed by atoms with Crippen molar-refractivity contribution in [3.05, 3.63) is 41.2 Å². The van der Waals surface area contributed by atoms with E-state index in [9.17, 15) is 14.0 Å². The van der Waals surface area contributed by atoms with Crippen molar-refractivity contribution < 1.29 is 19.1 Å². The highest BCUT2D eigenvalue weighted by molar-refractivity contribution is 5.85. The van der Waals surface area contributed by atoms with E-state index in [0.29, 0.717) is 24.2 Å². The lowest BCUT2D eigenvalue weighted by atomic mass is 10.1. The van der Waals surface area contributed by atoms with Gasteiger partial charge in [-0.2, -0.15) is 0 Å². The van der Waals surface area contributed by atoms with Crippen LogP contribution in [-0.2, 0) is 16.1 Å². The number of hydrogen-bond acceptors (Lipinski definition) is 3. The first kappa shape index (κ1) is 15.8. The monoisotopic (exact) mass is 280 g/mol. The van der Waals surface area contributed by atoms with E-state index in [0.717, 1.165) is 6.08 Å². The average Bonchev–Trinajstić information content (AvgIpc) is 2.34. The first-order chi connectivity index (χ1) is 9.40. The first-order valence-corrected chi connectivity index (χ1v) is 6.12. The van der Waals surface area contributed by atoms with Gasteiger partial charge in [-0.1, -0.05) is 13.0 Å². The van der Waals surface area contributed by atoms with Gasteiger partial charge in [0.1, 0.15) is 5.82 Å². The molecule has 0 saturated carbocycles. The van der Waals surface area contributed by atoms with Gasteiger partial charge in [0.25, 0.3) is 0 Å². The van der Waals surface area contributed by atoms with Crippen LogP contribution >= 0.6 is 0 Å². The van der Waals surface area contributed by atoms with E-state index in [-0.39, 0.29) is 6.54 Å². The lowest BCUT2D eigenvalue weighted by Crippen LogP contribution is -2.33. The molecule has 0 bridgehead atoms. The van der Waals surface area contributed by atoms with Crippen molar-refractivity contribution in [2.45, 2.75) is 13.5 Å². The van der Waals surface area contributed by atoms with Gasteiger partial charge in [-0.3, -0.25) is 9.69 Å². The van der Waals surface area contributed by atoms with E-state index in [2.05, 4.69) is 0 Å². The largest absolute Gasteiger partial charge is 0.478 e. The van der Waals surface area contributed by atoms with Crippen LogP contribution in [0, 0.1) is 5.82 Å². The third kappa shape index (κ3) is 5.62. The third-order valence-corrected chi connectivity index (χ3v) is 2.63. The molecule has 1 aromatic carbocycles. The fourth-order valence-electron chi connectivity index (χ4n) is 1.79. The van der Waals surface area contributed by atoms with E-state index < -0.39 is 17.7 Å². The van der Waals surface area contributed by atoms with Crippen molar-refractivity contribution in [1.29, 1.82) is 0 Å². The van der Waals surface area contributed by atoms with Gasteiger partial charge < -0.3 is 10.8 Å². The van der Waals surface area contributed by atoms with E-state index in [1.165, 1.54) is 18.2 Å². The minimum absolute atomic E-state index is 0.0906. The van der Waals surface area contributed by atoms with Crippen LogP contribution in [0.2, 0.25) is 0 Å². The number of carboxylic acids is 1. The Bertz CT molecular complexity index is 529. The normalized spacial score (nSPS) is 11.2. The van der Waals surface area contributed by atoms with E-state index >= 15 is 0 Å². The van der Waals surface area contributed by atoms with Crippen LogP contribution in [0.5, 0.6) is 0 Å². The smallest absolute Gasteiger partial charge is 0.328 e. The minimum Gasteiger partial charge on any atom is -0.478 e. The number of benzene rings is 1. The Balaban J connectivity index is 2.89. The van der Waals surface area contributed by atoms with Gasteiger partial charge in [-0.15, -0.1) is 0 Å². The number of carboxylic acid groups (broad SMARTS) is 1. The Hall–Kier alpha value is -2.21. The number of hydrogen-bond donors (Lipinski definition) is 2. The SMILES string of the molecule is CCN(CC(N)=O)Cc1cc(F)cc(/C=C/C(=O)O)c1. The molecular formula is C14H17FN2O3. The number of primary amides is 1. The number of carbonyl (C=O) groups excluding carboxylic acids is 1. The van der Waals surface area contributed by atoms with Crippen molar-refractivity contribution in [1.82, 2.24) is 4.90 Å². The molecule has 1 aromatic rings. The van der Waals surface area contributed by atoms with Gasteiger partial charge in [-0.25, -0.2) is 9.18 Å². The van der Waals surface area contributed by atoms with Gasteiger partial charge >= 0.3 is 5.97 Å². The number of nitrogens with zero attached hydrogens (tertiary/aromatic N) is 1. The third-order valence-electron chi connectivity index (χ3n) is 2.63. The number of carbonyl (C=O) groups is 2. The van der Waals surface area contributed by atoms with Crippen LogP contribution in [0.1, 0.15) is 18.1 Å². The molecule has 0 radical (unpaired) electrons. The highest BCUT2D eigenvalue weighted by atomic mass is 19.1. The maximum atomic E-state index is 13.5. The molecule has 1 rings (SSSR count). The summed E-state index contributed by atoms with van der Waals surface area (Å²) in [4.78, 5) is 23.1. The van der Waals surface area contributed by atoms with E-state index in [1.807, 2.05) is 6.92 Å². The molecule has 0 aliphatic rings. The van der Waals surface area contributed by atoms with Crippen LogP contribution in [0.4, 0.5) is 4.39 Å². The standard InChI is InChI=1S/C14H17FN2O3/c1-2-17(9-13(16)18)8-11-5-10(3-4-14(19)20)6-12(15)7-11/h3-7H,2,8-9H2,1H3,(H2,16,18)(H,19,20)/b4-3+. The summed E-state index contributed by atoms with van der Waals surface area (Å²) in [6, 6.07) is 4.27. The summed E-state index contributed by atoms with van der Waals surface area (Å²) >= 11 is 0. The van der Waals surface area contributed by atoms with E-state index in [4.69, 9.17) is 10.8 Å². The summed E-state index contributed by atoms with van der Waals surface area (Å²) in [5.74, 6) is -2.00. The Kier molecular flexibility index (Phi) is 5.86. The van der Waals surface area contributed by atoms with Gasteiger partial charge in [0.05, 0.1) is 6.54 Å². The predicted octanol–water partition coefficient (Wildman–Crippen LogP) is 1.23. The van der Waals surface area contributed by atoms with Crippen molar-refractivity contribution in [2.24, 2.45) is 5.73 Å². The number of aliphatic carboxylic acids is 1. The fraction of sp³-hybridized carbons (Fsp3) is 0.286. The van der Waals surface area contributed by atoms with Crippen LogP contribution in [0.25, 0.3) is 6.08 Å². The van der Waals surface area contributed by atoms with E-state index in [1.54, 1.807) is 11.0 Å². The van der Waals surface area contributed by atoms with Gasteiger partial charge in [0, 0.05) is 12.6 Å². The molecule has 0 saturated heterocycles. The predicted molar refractivity (Wildman–Crippen MR) is 73.2 cm³/mol. The molecule has 108 valence electrons. The van der Waals surface area contributed by atoms with Crippen molar-refractivity contribution in [3.8, 4) is 0 Å². The molecular weight excluding hydrogens is 263 g/mol. The summed E-state index contributed by atoms with van der Waals surface area (Å²) < 4.78 is 13.5. The maximum Gasteiger partial charge on any atom is 0.328 e. The lowest BCUT2D eigenvalue weighted by Gasteiger charge is -2.18. The molecule has 0 spiro atoms. The Morgan fingerprint density at radius 1 is 1.40 bits per heavy atom. The topological polar surface area (TPSA) is 83.6 Å². The zero-order chi connectivity index (χ0) is 15.1. The van der Waals surface area contributed by atoms with Gasteiger partial charge in [0.15, 0.2) is 0 Å². The second-order valence-corrected chi connectivity index (χ2v) is 4.33. The summed E-state index contributed by atoms with van der Waals surface area (Å²) in [7, 11) is 0. The molecule has 0 fully saturated rings. The molecule has 6 heteroatoms. The zero-order valence-electron chi connectivity index (χ0n) is 11.2. The Labute approximate surface area is 116 Å². The number of rotatable bonds is 7. The molecule has 0 unspecified atom stereocenters.